The van der Waals surface area contributed by atoms with Gasteiger partial charge in [0.25, 0.3) is 5.91 Å². The second-order valence-corrected chi connectivity index (χ2v) is 7.86. The maximum absolute atomic E-state index is 12.9. The van der Waals surface area contributed by atoms with Crippen LogP contribution in [0, 0.1) is 5.92 Å². The van der Waals surface area contributed by atoms with Crippen molar-refractivity contribution in [1.29, 1.82) is 0 Å². The summed E-state index contributed by atoms with van der Waals surface area (Å²) in [5.41, 5.74) is -0.751. The Balaban J connectivity index is 1.98. The molecule has 0 unspecified atom stereocenters. The molecule has 0 bridgehead atoms. The number of benzene rings is 1. The zero-order valence-electron chi connectivity index (χ0n) is 16.8. The van der Waals surface area contributed by atoms with Gasteiger partial charge < -0.3 is 20.7 Å². The van der Waals surface area contributed by atoms with E-state index in [4.69, 9.17) is 23.2 Å². The van der Waals surface area contributed by atoms with Crippen molar-refractivity contribution in [2.24, 2.45) is 5.92 Å². The molecule has 1 aromatic carbocycles. The Hall–Kier alpha value is -2.89. The lowest BCUT2D eigenvalue weighted by molar-refractivity contribution is -0.189. The first-order valence-electron chi connectivity index (χ1n) is 9.62. The van der Waals surface area contributed by atoms with E-state index in [2.05, 4.69) is 25.7 Å². The van der Waals surface area contributed by atoms with Gasteiger partial charge in [-0.2, -0.15) is 13.2 Å². The fourth-order valence-electron chi connectivity index (χ4n) is 3.06. The molecule has 0 atom stereocenters. The molecule has 2 amide bonds. The number of nitrogens with zero attached hydrogens (tertiary/aromatic N) is 1. The average molecular weight is 505 g/mol. The van der Waals surface area contributed by atoms with Crippen molar-refractivity contribution in [3.05, 3.63) is 46.1 Å². The molecule has 3 rings (SSSR count). The third-order valence-corrected chi connectivity index (χ3v) is 5.23. The second-order valence-electron chi connectivity index (χ2n) is 7.02. The minimum absolute atomic E-state index is 0.0869. The number of esters is 1. The molecule has 13 heteroatoms. The Bertz CT molecular complexity index is 1060. The van der Waals surface area contributed by atoms with Gasteiger partial charge >= 0.3 is 12.1 Å². The number of rotatable bonds is 5. The summed E-state index contributed by atoms with van der Waals surface area (Å²) in [6.45, 7) is 1.14. The summed E-state index contributed by atoms with van der Waals surface area (Å²) in [5.74, 6) is -5.13. The number of piperidine rings is 1. The Morgan fingerprint density at radius 2 is 1.76 bits per heavy atom. The molecule has 2 heterocycles. The van der Waals surface area contributed by atoms with Gasteiger partial charge in [0.05, 0.1) is 21.3 Å². The van der Waals surface area contributed by atoms with Crippen LogP contribution in [0.4, 0.5) is 24.7 Å². The van der Waals surface area contributed by atoms with E-state index in [0.29, 0.717) is 31.0 Å². The number of hydrogen-bond donors (Lipinski definition) is 3. The molecule has 33 heavy (non-hydrogen) atoms. The monoisotopic (exact) mass is 504 g/mol. The SMILES string of the molecule is O=C(Nc1ccc(Cl)cn1)c1ccc(Cl)c(OC(=O)C(F)(F)F)c1NC(=O)C1CCNCC1. The molecule has 1 aromatic heterocycles. The van der Waals surface area contributed by atoms with Gasteiger partial charge in [0.2, 0.25) is 5.91 Å². The van der Waals surface area contributed by atoms with E-state index in [9.17, 15) is 27.6 Å². The van der Waals surface area contributed by atoms with Crippen LogP contribution in [0.3, 0.4) is 0 Å². The molecule has 2 aromatic rings. The van der Waals surface area contributed by atoms with Gasteiger partial charge in [-0.15, -0.1) is 0 Å². The first-order valence-corrected chi connectivity index (χ1v) is 10.4. The predicted molar refractivity (Wildman–Crippen MR) is 115 cm³/mol. The van der Waals surface area contributed by atoms with Gasteiger partial charge in [-0.1, -0.05) is 23.2 Å². The average Bonchev–Trinajstić information content (AvgIpc) is 2.77. The maximum Gasteiger partial charge on any atom is 0.491 e. The summed E-state index contributed by atoms with van der Waals surface area (Å²) < 4.78 is 42.9. The molecular formula is C20H17Cl2F3N4O4. The molecule has 1 fully saturated rings. The highest BCUT2D eigenvalue weighted by Gasteiger charge is 2.42. The van der Waals surface area contributed by atoms with E-state index in [0.717, 1.165) is 6.07 Å². The Labute approximate surface area is 195 Å². The van der Waals surface area contributed by atoms with Crippen LogP contribution in [0.1, 0.15) is 23.2 Å². The lowest BCUT2D eigenvalue weighted by Gasteiger charge is -2.23. The Morgan fingerprint density at radius 1 is 1.06 bits per heavy atom. The topological polar surface area (TPSA) is 109 Å². The van der Waals surface area contributed by atoms with E-state index >= 15 is 0 Å². The fraction of sp³-hybridized carbons (Fsp3) is 0.300. The molecule has 1 aliphatic rings. The number of anilines is 2. The third kappa shape index (κ3) is 6.34. The van der Waals surface area contributed by atoms with Crippen LogP contribution >= 0.6 is 23.2 Å². The lowest BCUT2D eigenvalue weighted by atomic mass is 9.97. The van der Waals surface area contributed by atoms with Crippen LogP contribution in [-0.4, -0.2) is 42.0 Å². The van der Waals surface area contributed by atoms with Crippen molar-refractivity contribution < 1.29 is 32.3 Å². The van der Waals surface area contributed by atoms with Crippen molar-refractivity contribution in [3.63, 3.8) is 0 Å². The molecular weight excluding hydrogens is 488 g/mol. The Morgan fingerprint density at radius 3 is 2.36 bits per heavy atom. The molecule has 1 aliphatic heterocycles. The number of amides is 2. The number of alkyl halides is 3. The van der Waals surface area contributed by atoms with E-state index < -0.39 is 46.3 Å². The summed E-state index contributed by atoms with van der Waals surface area (Å²) in [6.07, 6.45) is -3.11. The number of carbonyl (C=O) groups excluding carboxylic acids is 3. The number of hydrogen-bond acceptors (Lipinski definition) is 6. The number of carbonyl (C=O) groups is 3. The fourth-order valence-corrected chi connectivity index (χ4v) is 3.37. The molecule has 0 saturated carbocycles. The maximum atomic E-state index is 12.9. The van der Waals surface area contributed by atoms with Gasteiger partial charge in [0.1, 0.15) is 5.82 Å². The van der Waals surface area contributed by atoms with Crippen molar-refractivity contribution in [2.45, 2.75) is 19.0 Å². The van der Waals surface area contributed by atoms with Crippen molar-refractivity contribution in [3.8, 4) is 5.75 Å². The number of nitrogens with one attached hydrogen (secondary N) is 3. The minimum atomic E-state index is -5.33. The van der Waals surface area contributed by atoms with Crippen LogP contribution in [0.15, 0.2) is 30.5 Å². The highest BCUT2D eigenvalue weighted by Crippen LogP contribution is 2.38. The zero-order chi connectivity index (χ0) is 24.2. The summed E-state index contributed by atoms with van der Waals surface area (Å²) in [5, 5.41) is 7.85. The van der Waals surface area contributed by atoms with Crippen LogP contribution in [0.5, 0.6) is 5.75 Å². The largest absolute Gasteiger partial charge is 0.491 e. The van der Waals surface area contributed by atoms with Gasteiger partial charge in [0.15, 0.2) is 5.75 Å². The molecule has 3 N–H and O–H groups in total. The lowest BCUT2D eigenvalue weighted by Crippen LogP contribution is -2.35. The van der Waals surface area contributed by atoms with E-state index in [1.165, 1.54) is 24.4 Å². The zero-order valence-corrected chi connectivity index (χ0v) is 18.3. The number of pyridine rings is 1. The van der Waals surface area contributed by atoms with Crippen LogP contribution in [0.2, 0.25) is 10.0 Å². The molecule has 0 radical (unpaired) electrons. The summed E-state index contributed by atoms with van der Waals surface area (Å²) in [6, 6.07) is 5.11. The normalized spacial score (nSPS) is 14.5. The second kappa shape index (κ2) is 10.4. The molecule has 1 saturated heterocycles. The van der Waals surface area contributed by atoms with Gasteiger partial charge in [-0.25, -0.2) is 9.78 Å². The van der Waals surface area contributed by atoms with Gasteiger partial charge in [-0.3, -0.25) is 9.59 Å². The summed E-state index contributed by atoms with van der Waals surface area (Å²) >= 11 is 11.7. The number of ether oxygens (including phenoxy) is 1. The van der Waals surface area contributed by atoms with Gasteiger partial charge in [-0.05, 0) is 50.2 Å². The third-order valence-electron chi connectivity index (χ3n) is 4.71. The highest BCUT2D eigenvalue weighted by molar-refractivity contribution is 6.33. The molecule has 0 aliphatic carbocycles. The number of halogens is 5. The smallest absolute Gasteiger partial charge is 0.416 e. The quantitative estimate of drug-likeness (QED) is 0.418. The minimum Gasteiger partial charge on any atom is -0.416 e. The van der Waals surface area contributed by atoms with Crippen LogP contribution < -0.4 is 20.7 Å². The van der Waals surface area contributed by atoms with Crippen LogP contribution in [0.25, 0.3) is 0 Å². The first kappa shape index (κ1) is 24.7. The first-order chi connectivity index (χ1) is 15.6. The van der Waals surface area contributed by atoms with Crippen molar-refractivity contribution >= 4 is 52.5 Å². The van der Waals surface area contributed by atoms with E-state index in [-0.39, 0.29) is 11.4 Å². The summed E-state index contributed by atoms with van der Waals surface area (Å²) in [4.78, 5) is 41.0. The van der Waals surface area contributed by atoms with Crippen molar-refractivity contribution in [1.82, 2.24) is 10.3 Å². The number of aromatic nitrogens is 1. The van der Waals surface area contributed by atoms with E-state index in [1.54, 1.807) is 0 Å². The predicted octanol–water partition coefficient (Wildman–Crippen LogP) is 4.05. The van der Waals surface area contributed by atoms with E-state index in [1.807, 2.05) is 0 Å². The molecule has 0 spiro atoms. The molecule has 176 valence electrons. The standard InChI is InChI=1S/C20H17Cl2F3N4O4/c21-11-1-4-14(27-9-11)28-18(31)12-2-3-13(22)16(33-19(32)20(23,24)25)15(12)29-17(30)10-5-7-26-8-6-10/h1-4,9-10,26H,5-8H2,(H,29,30)(H,27,28,31). The summed E-state index contributed by atoms with van der Waals surface area (Å²) in [7, 11) is 0. The Kier molecular flexibility index (Phi) is 7.77. The molecule has 8 nitrogen and oxygen atoms in total. The van der Waals surface area contributed by atoms with Gasteiger partial charge in [0, 0.05) is 12.1 Å². The van der Waals surface area contributed by atoms with Crippen molar-refractivity contribution in [2.75, 3.05) is 23.7 Å². The highest BCUT2D eigenvalue weighted by atomic mass is 35.5. The van der Waals surface area contributed by atoms with Crippen LogP contribution in [-0.2, 0) is 9.59 Å².